The third-order valence-electron chi connectivity index (χ3n) is 7.25. The first-order valence-corrected chi connectivity index (χ1v) is 14.7. The van der Waals surface area contributed by atoms with Crippen molar-refractivity contribution in [1.82, 2.24) is 15.3 Å². The number of halogens is 1. The summed E-state index contributed by atoms with van der Waals surface area (Å²) < 4.78 is 0. The van der Waals surface area contributed by atoms with Crippen molar-refractivity contribution in [3.05, 3.63) is 88.1 Å². The van der Waals surface area contributed by atoms with Gasteiger partial charge < -0.3 is 20.5 Å². The molecule has 1 amide bonds. The molecule has 1 aromatic heterocycles. The number of carbonyl (C=O) groups is 2. The van der Waals surface area contributed by atoms with Crippen molar-refractivity contribution in [3.63, 3.8) is 0 Å². The number of Topliss-reactive ketones (excluding diaryl/α,β-unsaturated/α-hetero) is 1. The predicted molar refractivity (Wildman–Crippen MR) is 159 cm³/mol. The van der Waals surface area contributed by atoms with Crippen LogP contribution in [0.2, 0.25) is 5.02 Å². The number of benzene rings is 2. The summed E-state index contributed by atoms with van der Waals surface area (Å²) in [5, 5.41) is 7.30. The van der Waals surface area contributed by atoms with Crippen LogP contribution in [0.25, 0.3) is 0 Å². The smallest absolute Gasteiger partial charge is 0.239 e. The summed E-state index contributed by atoms with van der Waals surface area (Å²) in [5.74, 6) is 1.59. The van der Waals surface area contributed by atoms with Gasteiger partial charge in [0.05, 0.1) is 36.0 Å². The maximum atomic E-state index is 13.7. The first-order chi connectivity index (χ1) is 18.7. The number of ketones is 1. The van der Waals surface area contributed by atoms with Crippen LogP contribution < -0.4 is 15.5 Å². The highest BCUT2D eigenvalue weighted by atomic mass is 35.5. The molecule has 1 aliphatic heterocycles. The van der Waals surface area contributed by atoms with Crippen LogP contribution in [-0.4, -0.2) is 40.5 Å². The van der Waals surface area contributed by atoms with Crippen molar-refractivity contribution in [2.24, 2.45) is 5.41 Å². The minimum absolute atomic E-state index is 0.0899. The Labute approximate surface area is 238 Å². The number of imidazole rings is 1. The third-order valence-corrected chi connectivity index (χ3v) is 8.47. The van der Waals surface area contributed by atoms with Crippen molar-refractivity contribution >= 4 is 46.4 Å². The molecule has 0 saturated carbocycles. The average Bonchev–Trinajstić information content (AvgIpc) is 3.24. The Bertz CT molecular complexity index is 1400. The number of hydrogen-bond donors (Lipinski definition) is 3. The van der Waals surface area contributed by atoms with Crippen LogP contribution in [-0.2, 0) is 15.3 Å². The van der Waals surface area contributed by atoms with Gasteiger partial charge in [0.15, 0.2) is 5.78 Å². The van der Waals surface area contributed by atoms with Gasteiger partial charge in [-0.2, -0.15) is 11.8 Å². The van der Waals surface area contributed by atoms with Crippen molar-refractivity contribution in [2.75, 3.05) is 29.1 Å². The molecule has 1 atom stereocenters. The summed E-state index contributed by atoms with van der Waals surface area (Å²) in [6.07, 6.45) is 2.91. The first-order valence-electron chi connectivity index (χ1n) is 13.2. The van der Waals surface area contributed by atoms with Crippen molar-refractivity contribution in [2.45, 2.75) is 45.4 Å². The summed E-state index contributed by atoms with van der Waals surface area (Å²) in [6, 6.07) is 15.1. The highest BCUT2D eigenvalue weighted by Gasteiger charge is 2.41. The van der Waals surface area contributed by atoms with E-state index in [4.69, 9.17) is 11.6 Å². The molecule has 39 heavy (non-hydrogen) atoms. The number of para-hydroxylation sites is 2. The number of carbonyl (C=O) groups excluding carboxylic acids is 2. The summed E-state index contributed by atoms with van der Waals surface area (Å²) in [4.78, 5) is 36.5. The molecular weight excluding hydrogens is 530 g/mol. The second-order valence-electron chi connectivity index (χ2n) is 10.9. The third kappa shape index (κ3) is 6.17. The molecule has 1 unspecified atom stereocenters. The largest absolute Gasteiger partial charge is 0.357 e. The SMILES string of the molecule is Cc1[nH]cnc1CSCCNC(=O)CN1c2ccccc2NC2=C(C(=O)CC(C)(C)C2)C1c1ccc(Cl)cc1. The highest BCUT2D eigenvalue weighted by molar-refractivity contribution is 7.98. The average molecular weight is 564 g/mol. The molecule has 3 aromatic rings. The lowest BCUT2D eigenvalue weighted by atomic mass is 9.73. The summed E-state index contributed by atoms with van der Waals surface area (Å²) >= 11 is 7.97. The maximum absolute atomic E-state index is 13.7. The molecule has 2 aliphatic rings. The number of amides is 1. The Balaban J connectivity index is 1.42. The van der Waals surface area contributed by atoms with Crippen LogP contribution in [0.1, 0.15) is 49.7 Å². The van der Waals surface area contributed by atoms with Gasteiger partial charge in [-0.15, -0.1) is 0 Å². The number of aromatic amines is 1. The summed E-state index contributed by atoms with van der Waals surface area (Å²) in [6.45, 7) is 6.92. The molecule has 3 N–H and O–H groups in total. The molecule has 0 radical (unpaired) electrons. The van der Waals surface area contributed by atoms with Gasteiger partial charge in [0.1, 0.15) is 0 Å². The summed E-state index contributed by atoms with van der Waals surface area (Å²) in [5.41, 5.74) is 6.32. The van der Waals surface area contributed by atoms with Gasteiger partial charge in [0.2, 0.25) is 5.91 Å². The van der Waals surface area contributed by atoms with Crippen LogP contribution in [0.15, 0.2) is 66.1 Å². The Morgan fingerprint density at radius 1 is 1.18 bits per heavy atom. The zero-order valence-electron chi connectivity index (χ0n) is 22.5. The Morgan fingerprint density at radius 2 is 1.95 bits per heavy atom. The molecule has 0 saturated heterocycles. The van der Waals surface area contributed by atoms with E-state index in [9.17, 15) is 9.59 Å². The quantitative estimate of drug-likeness (QED) is 0.290. The molecule has 204 valence electrons. The number of nitrogens with one attached hydrogen (secondary N) is 3. The maximum Gasteiger partial charge on any atom is 0.239 e. The molecule has 1 aliphatic carbocycles. The molecular formula is C30H34ClN5O2S. The number of aromatic nitrogens is 2. The van der Waals surface area contributed by atoms with Crippen molar-refractivity contribution in [1.29, 1.82) is 0 Å². The lowest BCUT2D eigenvalue weighted by Crippen LogP contribution is -2.42. The Morgan fingerprint density at radius 3 is 2.69 bits per heavy atom. The Kier molecular flexibility index (Phi) is 8.05. The van der Waals surface area contributed by atoms with Gasteiger partial charge in [-0.05, 0) is 48.6 Å². The first kappa shape index (κ1) is 27.3. The minimum atomic E-state index is -0.417. The van der Waals surface area contributed by atoms with E-state index in [1.165, 1.54) is 0 Å². The molecule has 2 aromatic carbocycles. The fourth-order valence-electron chi connectivity index (χ4n) is 5.39. The number of nitrogens with zero attached hydrogens (tertiary/aromatic N) is 2. The van der Waals surface area contributed by atoms with E-state index < -0.39 is 6.04 Å². The fourth-order valence-corrected chi connectivity index (χ4v) is 6.39. The van der Waals surface area contributed by atoms with Gasteiger partial charge in [0, 0.05) is 46.5 Å². The molecule has 7 nitrogen and oxygen atoms in total. The van der Waals surface area contributed by atoms with Crippen molar-refractivity contribution in [3.8, 4) is 0 Å². The number of allylic oxidation sites excluding steroid dienone is 1. The van der Waals surface area contributed by atoms with E-state index >= 15 is 0 Å². The normalized spacial score (nSPS) is 18.2. The topological polar surface area (TPSA) is 90.1 Å². The summed E-state index contributed by atoms with van der Waals surface area (Å²) in [7, 11) is 0. The van der Waals surface area contributed by atoms with Gasteiger partial charge in [0.25, 0.3) is 0 Å². The highest BCUT2D eigenvalue weighted by Crippen LogP contribution is 2.48. The second-order valence-corrected chi connectivity index (χ2v) is 12.5. The van der Waals surface area contributed by atoms with E-state index in [-0.39, 0.29) is 23.7 Å². The van der Waals surface area contributed by atoms with Gasteiger partial charge in [-0.3, -0.25) is 9.59 Å². The van der Waals surface area contributed by atoms with E-state index in [0.717, 1.165) is 57.5 Å². The van der Waals surface area contributed by atoms with E-state index in [0.29, 0.717) is 18.0 Å². The number of anilines is 2. The number of aryl methyl sites for hydroxylation is 1. The van der Waals surface area contributed by atoms with Crippen LogP contribution in [0.3, 0.4) is 0 Å². The number of rotatable bonds is 8. The predicted octanol–water partition coefficient (Wildman–Crippen LogP) is 6.04. The lowest BCUT2D eigenvalue weighted by molar-refractivity contribution is -0.120. The van der Waals surface area contributed by atoms with Crippen LogP contribution in [0, 0.1) is 12.3 Å². The molecule has 5 rings (SSSR count). The van der Waals surface area contributed by atoms with Crippen LogP contribution in [0.4, 0.5) is 11.4 Å². The minimum Gasteiger partial charge on any atom is -0.357 e. The van der Waals surface area contributed by atoms with E-state index in [1.54, 1.807) is 18.1 Å². The number of H-pyrrole nitrogens is 1. The number of thioether (sulfide) groups is 1. The second kappa shape index (κ2) is 11.5. The van der Waals surface area contributed by atoms with E-state index in [2.05, 4.69) is 39.3 Å². The fraction of sp³-hybridized carbons (Fsp3) is 0.367. The zero-order chi connectivity index (χ0) is 27.6. The number of fused-ring (bicyclic) bond motifs is 1. The van der Waals surface area contributed by atoms with Crippen LogP contribution in [0.5, 0.6) is 0 Å². The van der Waals surface area contributed by atoms with Gasteiger partial charge in [-0.1, -0.05) is 49.7 Å². The molecule has 0 spiro atoms. The monoisotopic (exact) mass is 563 g/mol. The lowest BCUT2D eigenvalue weighted by Gasteiger charge is -2.37. The molecule has 0 bridgehead atoms. The molecule has 0 fully saturated rings. The van der Waals surface area contributed by atoms with E-state index in [1.807, 2.05) is 55.5 Å². The molecule has 9 heteroatoms. The molecule has 2 heterocycles. The van der Waals surface area contributed by atoms with Crippen molar-refractivity contribution < 1.29 is 9.59 Å². The number of hydrogen-bond acceptors (Lipinski definition) is 6. The van der Waals surface area contributed by atoms with Gasteiger partial charge in [-0.25, -0.2) is 4.98 Å². The zero-order valence-corrected chi connectivity index (χ0v) is 24.1. The van der Waals surface area contributed by atoms with Crippen LogP contribution >= 0.6 is 23.4 Å². The standard InChI is InChI=1S/C30H34ClN5O2S/c1-19-24(34-18-33-19)17-39-13-12-32-27(38)16-36-25-7-5-4-6-22(25)35-23-14-30(2,3)15-26(37)28(23)29(36)20-8-10-21(31)11-9-20/h4-11,18,29,35H,12-17H2,1-3H3,(H,32,38)(H,33,34). The Hall–Kier alpha value is -3.23. The van der Waals surface area contributed by atoms with Gasteiger partial charge >= 0.3 is 0 Å².